The summed E-state index contributed by atoms with van der Waals surface area (Å²) in [6.45, 7) is 5.81. The number of hydrogen-bond acceptors (Lipinski definition) is 11. The number of fused-ring (bicyclic) bond motifs is 1. The highest BCUT2D eigenvalue weighted by molar-refractivity contribution is 5.88. The molecule has 1 aliphatic rings. The maximum atomic E-state index is 10.3. The summed E-state index contributed by atoms with van der Waals surface area (Å²) in [4.78, 5) is 49.2. The van der Waals surface area contributed by atoms with Gasteiger partial charge in [-0.15, -0.1) is 0 Å². The molecular weight excluding hydrogens is 584 g/mol. The molecule has 242 valence electrons. The van der Waals surface area contributed by atoms with Crippen LogP contribution in [0.5, 0.6) is 5.75 Å². The first-order valence-electron chi connectivity index (χ1n) is 14.3. The van der Waals surface area contributed by atoms with Gasteiger partial charge < -0.3 is 35.4 Å². The third kappa shape index (κ3) is 10.5. The molecule has 0 spiro atoms. The minimum atomic E-state index is -2.74. The number of pyridine rings is 1. The van der Waals surface area contributed by atoms with Crippen molar-refractivity contribution in [3.8, 4) is 17.1 Å². The van der Waals surface area contributed by atoms with Crippen LogP contribution < -0.4 is 10.1 Å². The van der Waals surface area contributed by atoms with E-state index >= 15 is 0 Å². The van der Waals surface area contributed by atoms with Gasteiger partial charge in [-0.25, -0.2) is 14.8 Å². The van der Waals surface area contributed by atoms with Gasteiger partial charge in [0, 0.05) is 62.2 Å². The fourth-order valence-electron chi connectivity index (χ4n) is 4.88. The number of carboxylic acid groups (broad SMARTS) is 3. The Morgan fingerprint density at radius 2 is 1.64 bits per heavy atom. The molecule has 0 fully saturated rings. The molecule has 14 nitrogen and oxygen atoms in total. The van der Waals surface area contributed by atoms with Gasteiger partial charge >= 0.3 is 17.9 Å². The van der Waals surface area contributed by atoms with E-state index < -0.39 is 36.4 Å². The smallest absolute Gasteiger partial charge is 0.336 e. The van der Waals surface area contributed by atoms with Gasteiger partial charge in [0.25, 0.3) is 0 Å². The number of methoxy groups -OCH3 is 1. The van der Waals surface area contributed by atoms with Crippen LogP contribution in [0.25, 0.3) is 11.4 Å². The van der Waals surface area contributed by atoms with Gasteiger partial charge in [0.2, 0.25) is 0 Å². The number of likely N-dealkylation sites (N-methyl/N-ethyl adjacent to an activating group) is 1. The van der Waals surface area contributed by atoms with E-state index in [0.717, 1.165) is 61.2 Å². The predicted octanol–water partition coefficient (Wildman–Crippen LogP) is 2.22. The van der Waals surface area contributed by atoms with Gasteiger partial charge in [-0.3, -0.25) is 19.5 Å². The Hall–Kier alpha value is -4.66. The molecule has 0 saturated heterocycles. The van der Waals surface area contributed by atoms with Crippen LogP contribution in [0.4, 0.5) is 5.82 Å². The number of ether oxygens (including phenoxy) is 1. The van der Waals surface area contributed by atoms with Crippen molar-refractivity contribution in [3.05, 3.63) is 65.6 Å². The predicted molar refractivity (Wildman–Crippen MR) is 165 cm³/mol. The Labute approximate surface area is 261 Å². The second kappa shape index (κ2) is 15.9. The topological polar surface area (TPSA) is 199 Å². The number of anilines is 1. The molecule has 2 aromatic heterocycles. The van der Waals surface area contributed by atoms with Crippen LogP contribution in [-0.2, 0) is 33.9 Å². The van der Waals surface area contributed by atoms with Gasteiger partial charge in [-0.1, -0.05) is 12.1 Å². The van der Waals surface area contributed by atoms with Crippen LogP contribution in [0.15, 0.2) is 48.8 Å². The largest absolute Gasteiger partial charge is 0.497 e. The zero-order chi connectivity index (χ0) is 33.1. The van der Waals surface area contributed by atoms with Gasteiger partial charge in [0.1, 0.15) is 11.6 Å². The normalized spacial score (nSPS) is 13.6. The first kappa shape index (κ1) is 34.8. The molecule has 3 heterocycles. The summed E-state index contributed by atoms with van der Waals surface area (Å²) in [6.07, 6.45) is 2.19. The number of hydrogen-bond donors (Lipinski definition) is 5. The number of aromatic nitrogens is 3. The summed E-state index contributed by atoms with van der Waals surface area (Å²) in [5.41, 5.74) is 1.87. The van der Waals surface area contributed by atoms with E-state index in [1.807, 2.05) is 24.3 Å². The molecule has 0 aliphatic carbocycles. The molecule has 3 aromatic rings. The van der Waals surface area contributed by atoms with E-state index in [1.54, 1.807) is 19.5 Å². The molecule has 0 saturated carbocycles. The second-order valence-electron chi connectivity index (χ2n) is 11.2. The van der Waals surface area contributed by atoms with Gasteiger partial charge in [-0.2, -0.15) is 0 Å². The van der Waals surface area contributed by atoms with Crippen molar-refractivity contribution in [2.45, 2.75) is 50.9 Å². The van der Waals surface area contributed by atoms with Crippen LogP contribution in [0.2, 0.25) is 0 Å². The summed E-state index contributed by atoms with van der Waals surface area (Å²) >= 11 is 0. The van der Waals surface area contributed by atoms with Crippen molar-refractivity contribution in [1.29, 1.82) is 0 Å². The van der Waals surface area contributed by atoms with Crippen molar-refractivity contribution in [1.82, 2.24) is 24.8 Å². The molecule has 4 rings (SSSR count). The van der Waals surface area contributed by atoms with Crippen molar-refractivity contribution >= 4 is 23.7 Å². The maximum Gasteiger partial charge on any atom is 0.336 e. The Morgan fingerprint density at radius 3 is 2.18 bits per heavy atom. The van der Waals surface area contributed by atoms with E-state index in [2.05, 4.69) is 53.3 Å². The van der Waals surface area contributed by atoms with Crippen LogP contribution in [0.1, 0.15) is 36.6 Å². The Kier molecular flexibility index (Phi) is 12.3. The lowest BCUT2D eigenvalue weighted by atomic mass is 9.96. The van der Waals surface area contributed by atoms with Crippen molar-refractivity contribution in [2.24, 2.45) is 0 Å². The molecule has 45 heavy (non-hydrogen) atoms. The molecule has 1 aliphatic heterocycles. The summed E-state index contributed by atoms with van der Waals surface area (Å²) in [5.74, 6) is -2.43. The Balaban J connectivity index is 0.000000360. The van der Waals surface area contributed by atoms with E-state index in [0.29, 0.717) is 0 Å². The van der Waals surface area contributed by atoms with Crippen molar-refractivity contribution < 1.29 is 39.5 Å². The first-order valence-corrected chi connectivity index (χ1v) is 14.3. The quantitative estimate of drug-likeness (QED) is 0.185. The molecule has 0 radical (unpaired) electrons. The highest BCUT2D eigenvalue weighted by Crippen LogP contribution is 2.29. The number of benzene rings is 1. The molecule has 1 aromatic carbocycles. The van der Waals surface area contributed by atoms with Crippen molar-refractivity contribution in [2.75, 3.05) is 39.6 Å². The Morgan fingerprint density at radius 1 is 1.02 bits per heavy atom. The lowest BCUT2D eigenvalue weighted by Gasteiger charge is -2.31. The monoisotopic (exact) mass is 624 g/mol. The average Bonchev–Trinajstić information content (AvgIpc) is 2.97. The third-order valence-corrected chi connectivity index (χ3v) is 6.95. The summed E-state index contributed by atoms with van der Waals surface area (Å²) in [6, 6.07) is 12.5. The number of nitrogens with zero attached hydrogens (tertiary/aromatic N) is 5. The average molecular weight is 625 g/mol. The standard InChI is InChI=1S/C25H32N6O.C6H8O7/c1-18(15-30(2)3)27-25-22-17-31(16-19-5-7-21(32-4)8-6-19)14-11-23(22)28-24(29-25)20-9-12-26-13-10-20;7-3(8)1-6(13,5(11)12)2-4(9)10/h5-10,12-13,18H,11,14-17H2,1-4H3,(H,27,28,29);13H,1-2H2,(H,7,8)(H,9,10)(H,11,12). The van der Waals surface area contributed by atoms with Crippen LogP contribution in [0.3, 0.4) is 0 Å². The molecule has 1 atom stereocenters. The zero-order valence-electron chi connectivity index (χ0n) is 25.8. The zero-order valence-corrected chi connectivity index (χ0v) is 25.8. The van der Waals surface area contributed by atoms with Crippen LogP contribution >= 0.6 is 0 Å². The number of aliphatic carboxylic acids is 3. The van der Waals surface area contributed by atoms with E-state index in [1.165, 1.54) is 11.1 Å². The number of carboxylic acids is 3. The summed E-state index contributed by atoms with van der Waals surface area (Å²) in [7, 11) is 5.88. The molecular formula is C31H40N6O8. The Bertz CT molecular complexity index is 1440. The summed E-state index contributed by atoms with van der Waals surface area (Å²) in [5, 5.41) is 37.5. The highest BCUT2D eigenvalue weighted by Gasteiger charge is 2.40. The molecule has 14 heteroatoms. The molecule has 0 amide bonds. The number of nitrogens with one attached hydrogen (secondary N) is 1. The second-order valence-corrected chi connectivity index (χ2v) is 11.2. The fraction of sp³-hybridized carbons (Fsp3) is 0.419. The molecule has 5 N–H and O–H groups in total. The number of rotatable bonds is 13. The van der Waals surface area contributed by atoms with Gasteiger partial charge in [0.05, 0.1) is 25.6 Å². The lowest BCUT2D eigenvalue weighted by molar-refractivity contribution is -0.170. The fourth-order valence-corrected chi connectivity index (χ4v) is 4.88. The first-order chi connectivity index (χ1) is 21.3. The molecule has 1 unspecified atom stereocenters. The number of aliphatic hydroxyl groups is 1. The SMILES string of the molecule is COc1ccc(CN2CCc3nc(-c4ccncc4)nc(NC(C)CN(C)C)c3C2)cc1.O=C(O)CC(O)(CC(=O)O)C(=O)O. The third-order valence-electron chi connectivity index (χ3n) is 6.95. The minimum Gasteiger partial charge on any atom is -0.497 e. The van der Waals surface area contributed by atoms with Crippen LogP contribution in [0, 0.1) is 0 Å². The van der Waals surface area contributed by atoms with Crippen molar-refractivity contribution in [3.63, 3.8) is 0 Å². The van der Waals surface area contributed by atoms with Crippen LogP contribution in [-0.4, -0.2) is 109 Å². The van der Waals surface area contributed by atoms with Gasteiger partial charge in [-0.05, 0) is 50.8 Å². The van der Waals surface area contributed by atoms with E-state index in [9.17, 15) is 14.4 Å². The van der Waals surface area contributed by atoms with E-state index in [-0.39, 0.29) is 6.04 Å². The lowest BCUT2D eigenvalue weighted by Crippen LogP contribution is -2.42. The summed E-state index contributed by atoms with van der Waals surface area (Å²) < 4.78 is 5.29. The minimum absolute atomic E-state index is 0.270. The van der Waals surface area contributed by atoms with Gasteiger partial charge in [0.15, 0.2) is 11.4 Å². The number of carbonyl (C=O) groups is 3. The molecule has 0 bridgehead atoms. The highest BCUT2D eigenvalue weighted by atomic mass is 16.5. The van der Waals surface area contributed by atoms with E-state index in [4.69, 9.17) is 35.1 Å². The maximum absolute atomic E-state index is 10.3.